The minimum absolute atomic E-state index is 1.45. The first-order chi connectivity index (χ1) is 5.41. The molecule has 0 aliphatic carbocycles. The molecule has 0 saturated heterocycles. The summed E-state index contributed by atoms with van der Waals surface area (Å²) in [7, 11) is 0. The van der Waals surface area contributed by atoms with E-state index in [9.17, 15) is 0 Å². The Bertz CT molecular complexity index is 95.5. The summed E-state index contributed by atoms with van der Waals surface area (Å²) < 4.78 is 0. The van der Waals surface area contributed by atoms with Crippen LogP contribution < -0.4 is 0 Å². The van der Waals surface area contributed by atoms with Crippen molar-refractivity contribution < 1.29 is 0 Å². The molecule has 0 amide bonds. The maximum Gasteiger partial charge on any atom is 0.0510 e. The van der Waals surface area contributed by atoms with Gasteiger partial charge in [-0.15, -0.1) is 5.10 Å². The van der Waals surface area contributed by atoms with Crippen molar-refractivity contribution >= 4 is 6.21 Å². The Labute approximate surface area is 69.7 Å². The highest BCUT2D eigenvalue weighted by molar-refractivity contribution is 5.70. The van der Waals surface area contributed by atoms with Crippen LogP contribution in [0.4, 0.5) is 0 Å². The number of hydrogen-bond donors (Lipinski definition) is 1. The van der Waals surface area contributed by atoms with E-state index in [1.54, 1.807) is 6.08 Å². The molecule has 0 radical (unpaired) electrons. The van der Waals surface area contributed by atoms with E-state index in [1.165, 1.54) is 6.21 Å². The molecule has 0 fully saturated rings. The SMILES string of the molecule is C/C=C\C=N/N=N.CC.CC. The Kier molecular flexibility index (Phi) is 54.0. The molecular formula is C8H19N3. The molecule has 0 bridgehead atoms. The van der Waals surface area contributed by atoms with Crippen molar-refractivity contribution in [2.45, 2.75) is 34.6 Å². The Hall–Kier alpha value is -0.990. The molecule has 0 unspecified atom stereocenters. The average Bonchev–Trinajstić information content (AvgIpc) is 2.13. The maximum absolute atomic E-state index is 6.17. The predicted octanol–water partition coefficient (Wildman–Crippen LogP) is 3.63. The lowest BCUT2D eigenvalue weighted by molar-refractivity contribution is 0.997. The van der Waals surface area contributed by atoms with E-state index >= 15 is 0 Å². The molecule has 3 nitrogen and oxygen atoms in total. The maximum atomic E-state index is 6.17. The van der Waals surface area contributed by atoms with Gasteiger partial charge in [0.25, 0.3) is 0 Å². The van der Waals surface area contributed by atoms with Crippen LogP contribution in [0.2, 0.25) is 0 Å². The Morgan fingerprint density at radius 1 is 1.09 bits per heavy atom. The first-order valence-electron chi connectivity index (χ1n) is 3.93. The molecule has 0 spiro atoms. The number of allylic oxidation sites excluding steroid dienone is 2. The molecule has 0 saturated carbocycles. The van der Waals surface area contributed by atoms with E-state index in [0.29, 0.717) is 0 Å². The van der Waals surface area contributed by atoms with Crippen LogP contribution in [0.15, 0.2) is 22.5 Å². The minimum Gasteiger partial charge on any atom is -0.185 e. The van der Waals surface area contributed by atoms with Crippen molar-refractivity contribution in [1.82, 2.24) is 0 Å². The van der Waals surface area contributed by atoms with Crippen molar-refractivity contribution in [3.8, 4) is 0 Å². The molecule has 11 heavy (non-hydrogen) atoms. The van der Waals surface area contributed by atoms with Gasteiger partial charge in [-0.1, -0.05) is 39.0 Å². The summed E-state index contributed by atoms with van der Waals surface area (Å²) in [6, 6.07) is 0. The second-order valence-corrected chi connectivity index (χ2v) is 0.890. The van der Waals surface area contributed by atoms with E-state index in [1.807, 2.05) is 40.7 Å². The fraction of sp³-hybridized carbons (Fsp3) is 0.625. The lowest BCUT2D eigenvalue weighted by atomic mass is 10.6. The van der Waals surface area contributed by atoms with E-state index in [0.717, 1.165) is 0 Å². The second-order valence-electron chi connectivity index (χ2n) is 0.890. The molecule has 0 aromatic heterocycles. The van der Waals surface area contributed by atoms with Crippen molar-refractivity contribution in [2.24, 2.45) is 10.3 Å². The Morgan fingerprint density at radius 2 is 1.55 bits per heavy atom. The van der Waals surface area contributed by atoms with Crippen LogP contribution in [0.5, 0.6) is 0 Å². The monoisotopic (exact) mass is 157 g/mol. The van der Waals surface area contributed by atoms with E-state index in [-0.39, 0.29) is 0 Å². The highest BCUT2D eigenvalue weighted by Gasteiger charge is 1.54. The minimum atomic E-state index is 1.45. The third-order valence-electron chi connectivity index (χ3n) is 0.403. The summed E-state index contributed by atoms with van der Waals surface area (Å²) in [5.74, 6) is 0. The van der Waals surface area contributed by atoms with Gasteiger partial charge >= 0.3 is 0 Å². The van der Waals surface area contributed by atoms with Crippen LogP contribution in [-0.2, 0) is 0 Å². The van der Waals surface area contributed by atoms with E-state index < -0.39 is 0 Å². The van der Waals surface area contributed by atoms with Crippen LogP contribution in [0.1, 0.15) is 34.6 Å². The van der Waals surface area contributed by atoms with E-state index in [2.05, 4.69) is 10.3 Å². The molecule has 66 valence electrons. The van der Waals surface area contributed by atoms with Gasteiger partial charge in [0, 0.05) is 0 Å². The summed E-state index contributed by atoms with van der Waals surface area (Å²) >= 11 is 0. The smallest absolute Gasteiger partial charge is 0.0510 e. The molecular weight excluding hydrogens is 138 g/mol. The summed E-state index contributed by atoms with van der Waals surface area (Å²) in [5.41, 5.74) is 6.17. The Balaban J connectivity index is -0.000000138. The Morgan fingerprint density at radius 3 is 1.82 bits per heavy atom. The number of nitrogens with one attached hydrogen (secondary N) is 1. The third kappa shape index (κ3) is 48.9. The molecule has 0 rings (SSSR count). The van der Waals surface area contributed by atoms with Crippen LogP contribution in [-0.4, -0.2) is 6.21 Å². The summed E-state index contributed by atoms with van der Waals surface area (Å²) in [4.78, 5) is 0. The molecule has 0 aromatic rings. The topological polar surface area (TPSA) is 48.6 Å². The largest absolute Gasteiger partial charge is 0.185 e. The first kappa shape index (κ1) is 16.5. The van der Waals surface area contributed by atoms with Gasteiger partial charge in [0.1, 0.15) is 0 Å². The zero-order chi connectivity index (χ0) is 9.54. The predicted molar refractivity (Wildman–Crippen MR) is 51.1 cm³/mol. The van der Waals surface area contributed by atoms with Crippen LogP contribution in [0, 0.1) is 5.53 Å². The molecule has 0 atom stereocenters. The molecule has 0 aliphatic rings. The molecule has 3 heteroatoms. The lowest BCUT2D eigenvalue weighted by Gasteiger charge is -1.63. The van der Waals surface area contributed by atoms with Crippen molar-refractivity contribution in [2.75, 3.05) is 0 Å². The molecule has 0 aromatic carbocycles. The molecule has 0 aliphatic heterocycles. The summed E-state index contributed by atoms with van der Waals surface area (Å²) in [6.45, 7) is 9.87. The number of rotatable bonds is 2. The quantitative estimate of drug-likeness (QED) is 0.361. The molecule has 0 heterocycles. The van der Waals surface area contributed by atoms with Crippen LogP contribution >= 0.6 is 0 Å². The van der Waals surface area contributed by atoms with Gasteiger partial charge in [0.15, 0.2) is 0 Å². The first-order valence-corrected chi connectivity index (χ1v) is 3.93. The van der Waals surface area contributed by atoms with Gasteiger partial charge in [-0.25, -0.2) is 0 Å². The van der Waals surface area contributed by atoms with Crippen molar-refractivity contribution in [3.05, 3.63) is 12.2 Å². The van der Waals surface area contributed by atoms with Crippen molar-refractivity contribution in [3.63, 3.8) is 0 Å². The zero-order valence-corrected chi connectivity index (χ0v) is 8.13. The third-order valence-corrected chi connectivity index (χ3v) is 0.403. The highest BCUT2D eigenvalue weighted by atomic mass is 15.3. The zero-order valence-electron chi connectivity index (χ0n) is 8.13. The standard InChI is InChI=1S/C4H7N3.2C2H6/c1-2-3-4-6-7-5;2*1-2/h2-5H,1H3;2*1-2H3/b3-2-,6-4-,7-5?;;. The van der Waals surface area contributed by atoms with E-state index in [4.69, 9.17) is 5.53 Å². The molecule has 1 N–H and O–H groups in total. The highest BCUT2D eigenvalue weighted by Crippen LogP contribution is 1.66. The van der Waals surface area contributed by atoms with Gasteiger partial charge < -0.3 is 0 Å². The normalized spacial score (nSPS) is 8.09. The fourth-order valence-corrected chi connectivity index (χ4v) is 0.158. The van der Waals surface area contributed by atoms with Gasteiger partial charge in [-0.05, 0) is 13.0 Å². The van der Waals surface area contributed by atoms with Crippen LogP contribution in [0.3, 0.4) is 0 Å². The number of nitrogens with zero attached hydrogens (tertiary/aromatic N) is 2. The average molecular weight is 157 g/mol. The lowest BCUT2D eigenvalue weighted by Crippen LogP contribution is -1.55. The van der Waals surface area contributed by atoms with Gasteiger partial charge in [0.05, 0.1) is 6.21 Å². The summed E-state index contributed by atoms with van der Waals surface area (Å²) in [6.07, 6.45) is 4.97. The summed E-state index contributed by atoms with van der Waals surface area (Å²) in [5, 5.41) is 5.98. The van der Waals surface area contributed by atoms with Gasteiger partial charge in [0.2, 0.25) is 0 Å². The second kappa shape index (κ2) is 36.0. The fourth-order valence-electron chi connectivity index (χ4n) is 0.158. The number of hydrogen-bond acceptors (Lipinski definition) is 2. The van der Waals surface area contributed by atoms with Crippen molar-refractivity contribution in [1.29, 1.82) is 5.53 Å². The van der Waals surface area contributed by atoms with Crippen LogP contribution in [0.25, 0.3) is 0 Å². The van der Waals surface area contributed by atoms with Gasteiger partial charge in [-0.3, -0.25) is 0 Å². The van der Waals surface area contributed by atoms with Gasteiger partial charge in [-0.2, -0.15) is 5.53 Å².